The first kappa shape index (κ1) is 18.2. The third-order valence-corrected chi connectivity index (χ3v) is 4.06. The number of nitro benzene ring substituents is 1. The predicted molar refractivity (Wildman–Crippen MR) is 95.6 cm³/mol. The van der Waals surface area contributed by atoms with Crippen molar-refractivity contribution < 1.29 is 14.1 Å². The number of hydrogen-bond acceptors (Lipinski definition) is 5. The molecule has 0 aliphatic heterocycles. The summed E-state index contributed by atoms with van der Waals surface area (Å²) in [5, 5.41) is 13.5. The predicted octanol–water partition coefficient (Wildman–Crippen LogP) is 2.07. The van der Waals surface area contributed by atoms with Crippen LogP contribution in [0.5, 0.6) is 0 Å². The molecule has 9 heteroatoms. The minimum Gasteiger partial charge on any atom is -0.350 e. The van der Waals surface area contributed by atoms with Gasteiger partial charge in [0.05, 0.1) is 22.2 Å². The maximum atomic E-state index is 13.5. The lowest BCUT2D eigenvalue weighted by Crippen LogP contribution is -2.32. The van der Waals surface area contributed by atoms with Gasteiger partial charge in [0.25, 0.3) is 11.2 Å². The number of non-ortho nitro benzene ring substituents is 1. The molecule has 0 aliphatic rings. The first-order chi connectivity index (χ1) is 12.8. The number of carbonyl (C=O) groups excluding carboxylic acids is 1. The van der Waals surface area contributed by atoms with E-state index in [1.54, 1.807) is 19.1 Å². The lowest BCUT2D eigenvalue weighted by atomic mass is 10.1. The van der Waals surface area contributed by atoms with Crippen molar-refractivity contribution >= 4 is 22.5 Å². The number of aryl methyl sites for hydroxylation is 1. The molecule has 0 saturated heterocycles. The van der Waals surface area contributed by atoms with Gasteiger partial charge >= 0.3 is 0 Å². The van der Waals surface area contributed by atoms with Crippen molar-refractivity contribution in [1.29, 1.82) is 0 Å². The number of fused-ring (bicyclic) bond motifs is 1. The van der Waals surface area contributed by atoms with Gasteiger partial charge in [-0.2, -0.15) is 0 Å². The molecule has 3 aromatic rings. The highest BCUT2D eigenvalue weighted by Gasteiger charge is 2.12. The van der Waals surface area contributed by atoms with Gasteiger partial charge in [0.1, 0.15) is 12.4 Å². The highest BCUT2D eigenvalue weighted by Crippen LogP contribution is 2.16. The van der Waals surface area contributed by atoms with Crippen LogP contribution in [0.3, 0.4) is 0 Å². The lowest BCUT2D eigenvalue weighted by molar-refractivity contribution is -0.384. The smallest absolute Gasteiger partial charge is 0.270 e. The molecule has 1 aromatic heterocycles. The van der Waals surface area contributed by atoms with Crippen LogP contribution in [0.1, 0.15) is 11.1 Å². The molecule has 0 aliphatic carbocycles. The number of rotatable bonds is 5. The molecule has 8 nitrogen and oxygen atoms in total. The van der Waals surface area contributed by atoms with E-state index < -0.39 is 16.4 Å². The van der Waals surface area contributed by atoms with Crippen molar-refractivity contribution in [3.05, 3.63) is 80.1 Å². The zero-order valence-electron chi connectivity index (χ0n) is 14.3. The molecule has 0 atom stereocenters. The Balaban J connectivity index is 1.76. The SMILES string of the molecule is Cc1ccc(CNC(=O)Cn2cnc3ccc([N+](=O)[O-])cc3c2=O)cc1F. The summed E-state index contributed by atoms with van der Waals surface area (Å²) in [6.07, 6.45) is 1.21. The Morgan fingerprint density at radius 1 is 1.30 bits per heavy atom. The number of nitrogens with zero attached hydrogens (tertiary/aromatic N) is 3. The quantitative estimate of drug-likeness (QED) is 0.546. The summed E-state index contributed by atoms with van der Waals surface area (Å²) in [4.78, 5) is 38.9. The van der Waals surface area contributed by atoms with Crippen LogP contribution in [0.2, 0.25) is 0 Å². The number of benzene rings is 2. The summed E-state index contributed by atoms with van der Waals surface area (Å²) in [5.41, 5.74) is 0.613. The topological polar surface area (TPSA) is 107 Å². The number of amides is 1. The Morgan fingerprint density at radius 2 is 2.07 bits per heavy atom. The van der Waals surface area contributed by atoms with Crippen molar-refractivity contribution in [2.45, 2.75) is 20.0 Å². The van der Waals surface area contributed by atoms with Crippen LogP contribution in [0.25, 0.3) is 10.9 Å². The number of hydrogen-bond donors (Lipinski definition) is 1. The average Bonchev–Trinajstić information content (AvgIpc) is 2.64. The largest absolute Gasteiger partial charge is 0.350 e. The number of aromatic nitrogens is 2. The molecule has 2 aromatic carbocycles. The molecule has 0 unspecified atom stereocenters. The lowest BCUT2D eigenvalue weighted by Gasteiger charge is -2.09. The maximum Gasteiger partial charge on any atom is 0.270 e. The Labute approximate surface area is 152 Å². The highest BCUT2D eigenvalue weighted by atomic mass is 19.1. The Kier molecular flexibility index (Phi) is 4.93. The third kappa shape index (κ3) is 3.97. The standard InChI is InChI=1S/C18H15FN4O4/c1-11-2-3-12(6-15(11)19)8-20-17(24)9-22-10-21-16-5-4-13(23(26)27)7-14(16)18(22)25/h2-7,10H,8-9H2,1H3,(H,20,24). The molecule has 0 fully saturated rings. The van der Waals surface area contributed by atoms with Gasteiger partial charge < -0.3 is 5.32 Å². The highest BCUT2D eigenvalue weighted by molar-refractivity contribution is 5.80. The maximum absolute atomic E-state index is 13.5. The van der Waals surface area contributed by atoms with Crippen LogP contribution in [-0.4, -0.2) is 20.4 Å². The molecule has 0 saturated carbocycles. The van der Waals surface area contributed by atoms with Crippen LogP contribution < -0.4 is 10.9 Å². The van der Waals surface area contributed by atoms with Gasteiger partial charge in [0, 0.05) is 18.7 Å². The van der Waals surface area contributed by atoms with E-state index in [0.717, 1.165) is 10.6 Å². The molecule has 0 spiro atoms. The molecule has 27 heavy (non-hydrogen) atoms. The average molecular weight is 370 g/mol. The van der Waals surface area contributed by atoms with Gasteiger partial charge in [-0.3, -0.25) is 24.3 Å². The number of nitro groups is 1. The van der Waals surface area contributed by atoms with Crippen LogP contribution >= 0.6 is 0 Å². The monoisotopic (exact) mass is 370 g/mol. The minimum atomic E-state index is -0.608. The fourth-order valence-electron chi connectivity index (χ4n) is 2.53. The van der Waals surface area contributed by atoms with E-state index in [1.807, 2.05) is 0 Å². The second-order valence-corrected chi connectivity index (χ2v) is 6.00. The molecular formula is C18H15FN4O4. The Morgan fingerprint density at radius 3 is 2.78 bits per heavy atom. The van der Waals surface area contributed by atoms with Gasteiger partial charge in [-0.05, 0) is 30.2 Å². The van der Waals surface area contributed by atoms with Crippen LogP contribution in [0.4, 0.5) is 10.1 Å². The summed E-state index contributed by atoms with van der Waals surface area (Å²) in [7, 11) is 0. The zero-order chi connectivity index (χ0) is 19.6. The van der Waals surface area contributed by atoms with Gasteiger partial charge in [-0.25, -0.2) is 9.37 Å². The molecule has 1 heterocycles. The minimum absolute atomic E-state index is 0.0557. The van der Waals surface area contributed by atoms with E-state index in [2.05, 4.69) is 10.3 Å². The molecule has 1 N–H and O–H groups in total. The molecule has 0 radical (unpaired) electrons. The summed E-state index contributed by atoms with van der Waals surface area (Å²) in [5.74, 6) is -0.831. The van der Waals surface area contributed by atoms with Gasteiger partial charge in [-0.15, -0.1) is 0 Å². The van der Waals surface area contributed by atoms with E-state index in [0.29, 0.717) is 16.6 Å². The fourth-order valence-corrected chi connectivity index (χ4v) is 2.53. The molecule has 138 valence electrons. The Hall–Kier alpha value is -3.62. The van der Waals surface area contributed by atoms with Crippen LogP contribution in [0, 0.1) is 22.9 Å². The zero-order valence-corrected chi connectivity index (χ0v) is 14.3. The van der Waals surface area contributed by atoms with E-state index in [1.165, 1.54) is 24.5 Å². The van der Waals surface area contributed by atoms with Gasteiger partial charge in [0.2, 0.25) is 5.91 Å². The Bertz CT molecular complexity index is 1110. The van der Waals surface area contributed by atoms with Gasteiger partial charge in [-0.1, -0.05) is 12.1 Å². The molecule has 1 amide bonds. The number of carbonyl (C=O) groups is 1. The molecule has 0 bridgehead atoms. The van der Waals surface area contributed by atoms with Crippen LogP contribution in [0.15, 0.2) is 47.5 Å². The molecular weight excluding hydrogens is 355 g/mol. The normalized spacial score (nSPS) is 10.7. The van der Waals surface area contributed by atoms with Crippen molar-refractivity contribution in [3.63, 3.8) is 0 Å². The first-order valence-corrected chi connectivity index (χ1v) is 8.00. The fraction of sp³-hybridized carbons (Fsp3) is 0.167. The van der Waals surface area contributed by atoms with E-state index in [9.17, 15) is 24.1 Å². The van der Waals surface area contributed by atoms with E-state index in [-0.39, 0.29) is 30.0 Å². The summed E-state index contributed by atoms with van der Waals surface area (Å²) in [6.45, 7) is 1.44. The number of nitrogens with one attached hydrogen (secondary N) is 1. The number of halogens is 1. The van der Waals surface area contributed by atoms with Crippen LogP contribution in [-0.2, 0) is 17.9 Å². The van der Waals surface area contributed by atoms with E-state index >= 15 is 0 Å². The first-order valence-electron chi connectivity index (χ1n) is 8.00. The summed E-state index contributed by atoms with van der Waals surface area (Å²) < 4.78 is 14.6. The third-order valence-electron chi connectivity index (χ3n) is 4.06. The van der Waals surface area contributed by atoms with Crippen molar-refractivity contribution in [3.8, 4) is 0 Å². The van der Waals surface area contributed by atoms with Gasteiger partial charge in [0.15, 0.2) is 0 Å². The second-order valence-electron chi connectivity index (χ2n) is 6.00. The van der Waals surface area contributed by atoms with Crippen molar-refractivity contribution in [2.75, 3.05) is 0 Å². The molecule has 3 rings (SSSR count). The van der Waals surface area contributed by atoms with Crippen molar-refractivity contribution in [2.24, 2.45) is 0 Å². The van der Waals surface area contributed by atoms with E-state index in [4.69, 9.17) is 0 Å². The summed E-state index contributed by atoms with van der Waals surface area (Å²) in [6, 6.07) is 8.41. The summed E-state index contributed by atoms with van der Waals surface area (Å²) >= 11 is 0. The van der Waals surface area contributed by atoms with Crippen molar-refractivity contribution in [1.82, 2.24) is 14.9 Å². The second kappa shape index (κ2) is 7.32.